The highest BCUT2D eigenvalue weighted by molar-refractivity contribution is 14.0. The summed E-state index contributed by atoms with van der Waals surface area (Å²) in [5.74, 6) is 0.730. The average molecular weight is 471 g/mol. The van der Waals surface area contributed by atoms with Crippen molar-refractivity contribution in [2.24, 2.45) is 4.99 Å². The first-order chi connectivity index (χ1) is 11.1. The molecule has 0 fully saturated rings. The minimum absolute atomic E-state index is 0. The van der Waals surface area contributed by atoms with Gasteiger partial charge in [0.2, 0.25) is 0 Å². The van der Waals surface area contributed by atoms with E-state index in [2.05, 4.69) is 53.5 Å². The van der Waals surface area contributed by atoms with Gasteiger partial charge in [0.1, 0.15) is 5.60 Å². The molecule has 3 N–H and O–H groups in total. The van der Waals surface area contributed by atoms with E-state index in [0.717, 1.165) is 19.0 Å². The molecule has 0 unspecified atom stereocenters. The number of nitrogens with one attached hydrogen (secondary N) is 3. The van der Waals surface area contributed by atoms with Crippen LogP contribution in [0.25, 0.3) is 0 Å². The Labute approximate surface area is 170 Å². The molecule has 0 spiro atoms. The summed E-state index contributed by atoms with van der Waals surface area (Å²) in [7, 11) is 1.74. The van der Waals surface area contributed by atoms with E-state index in [4.69, 9.17) is 4.74 Å². The molecule has 25 heavy (non-hydrogen) atoms. The predicted octanol–water partition coefficient (Wildman–Crippen LogP) is 2.41. The van der Waals surface area contributed by atoms with Gasteiger partial charge in [0, 0.05) is 45.3 Å². The molecule has 0 aromatic rings. The normalized spacial score (nSPS) is 12.2. The number of hydrogen-bond acceptors (Lipinski definition) is 4. The van der Waals surface area contributed by atoms with Crippen LogP contribution in [0.2, 0.25) is 0 Å². The molecule has 0 aliphatic heterocycles. The number of guanidine groups is 1. The van der Waals surface area contributed by atoms with Crippen LogP contribution >= 0.6 is 24.0 Å². The SMILES string of the molecule is CN=C(NCCNC(=O)OC(C)(C)C)NCCN(C(C)C)C(C)C.I. The third-order valence-corrected chi connectivity index (χ3v) is 3.30. The molecular weight excluding hydrogens is 433 g/mol. The van der Waals surface area contributed by atoms with E-state index >= 15 is 0 Å². The van der Waals surface area contributed by atoms with Crippen molar-refractivity contribution in [2.45, 2.75) is 66.2 Å². The Morgan fingerprint density at radius 2 is 1.48 bits per heavy atom. The molecule has 0 aromatic carbocycles. The number of aliphatic imine (C=N–C) groups is 1. The van der Waals surface area contributed by atoms with E-state index < -0.39 is 11.7 Å². The lowest BCUT2D eigenvalue weighted by Crippen LogP contribution is -2.46. The van der Waals surface area contributed by atoms with Crippen LogP contribution in [0.5, 0.6) is 0 Å². The fourth-order valence-electron chi connectivity index (χ4n) is 2.30. The Morgan fingerprint density at radius 1 is 1.00 bits per heavy atom. The van der Waals surface area contributed by atoms with Gasteiger partial charge in [-0.05, 0) is 48.5 Å². The van der Waals surface area contributed by atoms with Gasteiger partial charge in [-0.1, -0.05) is 0 Å². The number of rotatable bonds is 8. The molecule has 1 amide bonds. The van der Waals surface area contributed by atoms with Crippen molar-refractivity contribution in [3.8, 4) is 0 Å². The largest absolute Gasteiger partial charge is 0.444 e. The highest BCUT2D eigenvalue weighted by Gasteiger charge is 2.15. The zero-order valence-corrected chi connectivity index (χ0v) is 19.4. The summed E-state index contributed by atoms with van der Waals surface area (Å²) >= 11 is 0. The van der Waals surface area contributed by atoms with E-state index in [0.29, 0.717) is 25.2 Å². The monoisotopic (exact) mass is 471 g/mol. The Morgan fingerprint density at radius 3 is 1.92 bits per heavy atom. The van der Waals surface area contributed by atoms with Crippen LogP contribution in [0.4, 0.5) is 4.79 Å². The molecule has 8 heteroatoms. The number of alkyl carbamates (subject to hydrolysis) is 1. The number of carbonyl (C=O) groups is 1. The van der Waals surface area contributed by atoms with Crippen molar-refractivity contribution in [2.75, 3.05) is 33.2 Å². The number of ether oxygens (including phenoxy) is 1. The van der Waals surface area contributed by atoms with Crippen LogP contribution in [0, 0.1) is 0 Å². The lowest BCUT2D eigenvalue weighted by molar-refractivity contribution is 0.0529. The molecule has 0 aliphatic carbocycles. The summed E-state index contributed by atoms with van der Waals surface area (Å²) in [4.78, 5) is 18.1. The van der Waals surface area contributed by atoms with Crippen LogP contribution in [0.15, 0.2) is 4.99 Å². The molecule has 0 heterocycles. The molecule has 0 aliphatic rings. The quantitative estimate of drug-likeness (QED) is 0.219. The molecule has 7 nitrogen and oxygen atoms in total. The van der Waals surface area contributed by atoms with Gasteiger partial charge >= 0.3 is 6.09 Å². The first-order valence-electron chi connectivity index (χ1n) is 8.74. The van der Waals surface area contributed by atoms with E-state index in [1.807, 2.05) is 20.8 Å². The summed E-state index contributed by atoms with van der Waals surface area (Å²) in [6.45, 7) is 17.2. The van der Waals surface area contributed by atoms with Gasteiger partial charge in [-0.2, -0.15) is 0 Å². The van der Waals surface area contributed by atoms with Gasteiger partial charge in [0.25, 0.3) is 0 Å². The van der Waals surface area contributed by atoms with Crippen molar-refractivity contribution >= 4 is 36.0 Å². The molecule has 150 valence electrons. The number of hydrogen-bond donors (Lipinski definition) is 3. The average Bonchev–Trinajstić information content (AvgIpc) is 2.42. The molecule has 0 aromatic heterocycles. The minimum atomic E-state index is -0.478. The highest BCUT2D eigenvalue weighted by Crippen LogP contribution is 2.06. The Hall–Kier alpha value is -0.770. The molecule has 0 rings (SSSR count). The zero-order chi connectivity index (χ0) is 18.8. The first kappa shape index (κ1) is 26.5. The summed E-state index contributed by atoms with van der Waals surface area (Å²) < 4.78 is 5.18. The number of halogens is 1. The van der Waals surface area contributed by atoms with Crippen LogP contribution in [0.1, 0.15) is 48.5 Å². The standard InChI is InChI=1S/C17H37N5O2.HI/c1-13(2)22(14(3)4)12-11-20-15(18-8)19-9-10-21-16(23)24-17(5,6)7;/h13-14H,9-12H2,1-8H3,(H,21,23)(H2,18,19,20);1H. The van der Waals surface area contributed by atoms with Crippen molar-refractivity contribution in [3.63, 3.8) is 0 Å². The predicted molar refractivity (Wildman–Crippen MR) is 116 cm³/mol. The summed E-state index contributed by atoms with van der Waals surface area (Å²) in [6.07, 6.45) is -0.406. The summed E-state index contributed by atoms with van der Waals surface area (Å²) in [5, 5.41) is 9.17. The molecule has 0 atom stereocenters. The second-order valence-electron chi connectivity index (χ2n) is 7.28. The van der Waals surface area contributed by atoms with Crippen molar-refractivity contribution in [1.82, 2.24) is 20.9 Å². The maximum absolute atomic E-state index is 11.5. The van der Waals surface area contributed by atoms with Gasteiger partial charge in [0.05, 0.1) is 0 Å². The Bertz CT molecular complexity index is 387. The summed E-state index contributed by atoms with van der Waals surface area (Å²) in [5.41, 5.74) is -0.478. The fraction of sp³-hybridized carbons (Fsp3) is 0.882. The third kappa shape index (κ3) is 14.1. The second-order valence-corrected chi connectivity index (χ2v) is 7.28. The lowest BCUT2D eigenvalue weighted by atomic mass is 10.2. The fourth-order valence-corrected chi connectivity index (χ4v) is 2.30. The highest BCUT2D eigenvalue weighted by atomic mass is 127. The van der Waals surface area contributed by atoms with Gasteiger partial charge in [-0.25, -0.2) is 4.79 Å². The zero-order valence-electron chi connectivity index (χ0n) is 17.1. The molecular formula is C17H38IN5O2. The molecule has 0 radical (unpaired) electrons. The van der Waals surface area contributed by atoms with E-state index in [9.17, 15) is 4.79 Å². The van der Waals surface area contributed by atoms with Gasteiger partial charge in [-0.3, -0.25) is 9.89 Å². The lowest BCUT2D eigenvalue weighted by Gasteiger charge is -2.30. The van der Waals surface area contributed by atoms with Gasteiger partial charge in [-0.15, -0.1) is 24.0 Å². The smallest absolute Gasteiger partial charge is 0.407 e. The first-order valence-corrected chi connectivity index (χ1v) is 8.74. The van der Waals surface area contributed by atoms with E-state index in [-0.39, 0.29) is 24.0 Å². The van der Waals surface area contributed by atoms with Crippen molar-refractivity contribution < 1.29 is 9.53 Å². The van der Waals surface area contributed by atoms with Gasteiger partial charge < -0.3 is 20.7 Å². The second kappa shape index (κ2) is 13.4. The van der Waals surface area contributed by atoms with Crippen molar-refractivity contribution in [3.05, 3.63) is 0 Å². The molecule has 0 bridgehead atoms. The number of carbonyl (C=O) groups excluding carboxylic acids is 1. The van der Waals surface area contributed by atoms with E-state index in [1.165, 1.54) is 0 Å². The Kier molecular flexibility index (Phi) is 14.2. The molecule has 0 saturated heterocycles. The van der Waals surface area contributed by atoms with Crippen LogP contribution in [0.3, 0.4) is 0 Å². The number of amides is 1. The topological polar surface area (TPSA) is 78.0 Å². The summed E-state index contributed by atoms with van der Waals surface area (Å²) in [6, 6.07) is 1.03. The van der Waals surface area contributed by atoms with Crippen LogP contribution in [-0.2, 0) is 4.74 Å². The minimum Gasteiger partial charge on any atom is -0.444 e. The maximum atomic E-state index is 11.5. The van der Waals surface area contributed by atoms with Crippen molar-refractivity contribution in [1.29, 1.82) is 0 Å². The third-order valence-electron chi connectivity index (χ3n) is 3.30. The van der Waals surface area contributed by atoms with E-state index in [1.54, 1.807) is 7.05 Å². The maximum Gasteiger partial charge on any atom is 0.407 e. The van der Waals surface area contributed by atoms with Crippen LogP contribution < -0.4 is 16.0 Å². The molecule has 0 saturated carbocycles. The Balaban J connectivity index is 0. The number of nitrogens with zero attached hydrogens (tertiary/aromatic N) is 2. The van der Waals surface area contributed by atoms with Gasteiger partial charge in [0.15, 0.2) is 5.96 Å². The van der Waals surface area contributed by atoms with Crippen LogP contribution in [-0.4, -0.2) is 67.9 Å².